The number of rotatable bonds is 2. The predicted molar refractivity (Wildman–Crippen MR) is 71.6 cm³/mol. The highest BCUT2D eigenvalue weighted by Gasteiger charge is 2.21. The van der Waals surface area contributed by atoms with Crippen LogP contribution in [0.2, 0.25) is 0 Å². The summed E-state index contributed by atoms with van der Waals surface area (Å²) in [4.78, 5) is 13.9. The van der Waals surface area contributed by atoms with E-state index < -0.39 is 0 Å². The third-order valence-corrected chi connectivity index (χ3v) is 3.91. The van der Waals surface area contributed by atoms with Crippen molar-refractivity contribution >= 4 is 21.8 Å². The van der Waals surface area contributed by atoms with Crippen LogP contribution in [0.15, 0.2) is 22.7 Å². The van der Waals surface area contributed by atoms with Crippen molar-refractivity contribution in [3.63, 3.8) is 0 Å². The lowest BCUT2D eigenvalue weighted by Gasteiger charge is -2.31. The maximum Gasteiger partial charge on any atom is 0.227 e. The zero-order valence-electron chi connectivity index (χ0n) is 10.0. The molecule has 0 spiro atoms. The lowest BCUT2D eigenvalue weighted by Crippen LogP contribution is -2.46. The highest BCUT2D eigenvalue weighted by molar-refractivity contribution is 9.10. The quantitative estimate of drug-likeness (QED) is 0.908. The molecule has 0 bridgehead atoms. The molecular formula is C13H16BrFN2O. The number of carbonyl (C=O) groups excluding carboxylic acids is 1. The van der Waals surface area contributed by atoms with Crippen molar-refractivity contribution < 1.29 is 9.18 Å². The molecule has 0 radical (unpaired) electrons. The van der Waals surface area contributed by atoms with Crippen LogP contribution < -0.4 is 5.73 Å². The van der Waals surface area contributed by atoms with Gasteiger partial charge >= 0.3 is 0 Å². The first-order chi connectivity index (χ1) is 8.56. The Labute approximate surface area is 114 Å². The van der Waals surface area contributed by atoms with Crippen molar-refractivity contribution in [2.45, 2.75) is 25.3 Å². The molecule has 5 heteroatoms. The standard InChI is InChI=1S/C13H16BrFN2O/c14-12-7-10(15)4-3-9(12)6-13(18)17-5-1-2-11(16)8-17/h3-4,7,11H,1-2,5-6,8,16H2/t11-/m1/s1. The highest BCUT2D eigenvalue weighted by Crippen LogP contribution is 2.20. The van der Waals surface area contributed by atoms with Crippen molar-refractivity contribution in [3.05, 3.63) is 34.1 Å². The van der Waals surface area contributed by atoms with Gasteiger partial charge in [0.2, 0.25) is 5.91 Å². The van der Waals surface area contributed by atoms with Crippen LogP contribution in [-0.2, 0) is 11.2 Å². The SMILES string of the molecule is N[C@@H]1CCCN(C(=O)Cc2ccc(F)cc2Br)C1. The van der Waals surface area contributed by atoms with Gasteiger partial charge in [0.15, 0.2) is 0 Å². The number of carbonyl (C=O) groups is 1. The van der Waals surface area contributed by atoms with Crippen LogP contribution in [0.5, 0.6) is 0 Å². The van der Waals surface area contributed by atoms with Crippen LogP contribution in [0.4, 0.5) is 4.39 Å². The van der Waals surface area contributed by atoms with Crippen LogP contribution in [-0.4, -0.2) is 29.9 Å². The maximum absolute atomic E-state index is 12.9. The van der Waals surface area contributed by atoms with Gasteiger partial charge in [-0.1, -0.05) is 22.0 Å². The number of piperidine rings is 1. The molecule has 0 saturated carbocycles. The molecular weight excluding hydrogens is 299 g/mol. The number of nitrogens with two attached hydrogens (primary N) is 1. The zero-order valence-corrected chi connectivity index (χ0v) is 11.6. The van der Waals surface area contributed by atoms with E-state index in [-0.39, 0.29) is 24.2 Å². The Morgan fingerprint density at radius 2 is 2.33 bits per heavy atom. The normalized spacial score (nSPS) is 19.9. The van der Waals surface area contributed by atoms with Crippen LogP contribution in [0.1, 0.15) is 18.4 Å². The molecule has 1 fully saturated rings. The van der Waals surface area contributed by atoms with Gasteiger partial charge in [-0.3, -0.25) is 4.79 Å². The minimum atomic E-state index is -0.307. The summed E-state index contributed by atoms with van der Waals surface area (Å²) in [7, 11) is 0. The number of benzene rings is 1. The number of nitrogens with zero attached hydrogens (tertiary/aromatic N) is 1. The second-order valence-corrected chi connectivity index (χ2v) is 5.51. The molecule has 3 nitrogen and oxygen atoms in total. The average Bonchev–Trinajstić information content (AvgIpc) is 2.32. The summed E-state index contributed by atoms with van der Waals surface area (Å²) >= 11 is 3.28. The van der Waals surface area contributed by atoms with Crippen LogP contribution in [0.25, 0.3) is 0 Å². The predicted octanol–water partition coefficient (Wildman–Crippen LogP) is 2.08. The Morgan fingerprint density at radius 3 is 3.00 bits per heavy atom. The Bertz CT molecular complexity index is 453. The fourth-order valence-electron chi connectivity index (χ4n) is 2.18. The van der Waals surface area contributed by atoms with Crippen molar-refractivity contribution in [3.8, 4) is 0 Å². The molecule has 1 atom stereocenters. The van der Waals surface area contributed by atoms with E-state index in [1.54, 1.807) is 11.0 Å². The van der Waals surface area contributed by atoms with Gasteiger partial charge in [0.25, 0.3) is 0 Å². The smallest absolute Gasteiger partial charge is 0.227 e. The van der Waals surface area contributed by atoms with Crippen LogP contribution in [0.3, 0.4) is 0 Å². The van der Waals surface area contributed by atoms with Gasteiger partial charge in [0.05, 0.1) is 6.42 Å². The molecule has 1 aromatic rings. The van der Waals surface area contributed by atoms with Gasteiger partial charge in [-0.05, 0) is 30.5 Å². The van der Waals surface area contributed by atoms with Crippen molar-refractivity contribution in [2.75, 3.05) is 13.1 Å². The van der Waals surface area contributed by atoms with Crippen LogP contribution in [0, 0.1) is 5.82 Å². The molecule has 1 saturated heterocycles. The molecule has 1 aliphatic heterocycles. The van der Waals surface area contributed by atoms with Gasteiger partial charge in [0.1, 0.15) is 5.82 Å². The topological polar surface area (TPSA) is 46.3 Å². The molecule has 18 heavy (non-hydrogen) atoms. The first-order valence-electron chi connectivity index (χ1n) is 6.03. The fourth-order valence-corrected chi connectivity index (χ4v) is 2.67. The number of halogens is 2. The molecule has 1 aliphatic rings. The number of likely N-dealkylation sites (tertiary alicyclic amines) is 1. The summed E-state index contributed by atoms with van der Waals surface area (Å²) in [5.41, 5.74) is 6.66. The Morgan fingerprint density at radius 1 is 1.56 bits per heavy atom. The Balaban J connectivity index is 2.02. The lowest BCUT2D eigenvalue weighted by atomic mass is 10.1. The number of hydrogen-bond donors (Lipinski definition) is 1. The van der Waals surface area contributed by atoms with E-state index in [1.807, 2.05) is 0 Å². The van der Waals surface area contributed by atoms with Gasteiger partial charge in [-0.2, -0.15) is 0 Å². The second-order valence-electron chi connectivity index (χ2n) is 4.65. The van der Waals surface area contributed by atoms with E-state index in [1.165, 1.54) is 12.1 Å². The van der Waals surface area contributed by atoms with Gasteiger partial charge < -0.3 is 10.6 Å². The van der Waals surface area contributed by atoms with E-state index >= 15 is 0 Å². The molecule has 1 aromatic carbocycles. The first kappa shape index (κ1) is 13.5. The number of hydrogen-bond acceptors (Lipinski definition) is 2. The summed E-state index contributed by atoms with van der Waals surface area (Å²) in [6, 6.07) is 4.47. The summed E-state index contributed by atoms with van der Waals surface area (Å²) in [5.74, 6) is -0.254. The summed E-state index contributed by atoms with van der Waals surface area (Å²) < 4.78 is 13.6. The minimum Gasteiger partial charge on any atom is -0.341 e. The lowest BCUT2D eigenvalue weighted by molar-refractivity contribution is -0.131. The van der Waals surface area contributed by atoms with E-state index in [9.17, 15) is 9.18 Å². The van der Waals surface area contributed by atoms with Gasteiger partial charge in [-0.25, -0.2) is 4.39 Å². The molecule has 98 valence electrons. The fraction of sp³-hybridized carbons (Fsp3) is 0.462. The minimum absolute atomic E-state index is 0.0532. The molecule has 2 N–H and O–H groups in total. The Kier molecular flexibility index (Phi) is 4.35. The average molecular weight is 315 g/mol. The van der Waals surface area contributed by atoms with Crippen molar-refractivity contribution in [1.29, 1.82) is 0 Å². The summed E-state index contributed by atoms with van der Waals surface area (Å²) in [6.45, 7) is 1.39. The molecule has 0 unspecified atom stereocenters. The first-order valence-corrected chi connectivity index (χ1v) is 6.83. The monoisotopic (exact) mass is 314 g/mol. The van der Waals surface area contributed by atoms with Crippen molar-refractivity contribution in [2.24, 2.45) is 5.73 Å². The third kappa shape index (κ3) is 3.29. The number of amides is 1. The molecule has 2 rings (SSSR count). The third-order valence-electron chi connectivity index (χ3n) is 3.17. The van der Waals surface area contributed by atoms with Crippen molar-refractivity contribution in [1.82, 2.24) is 4.90 Å². The molecule has 0 aliphatic carbocycles. The van der Waals surface area contributed by atoms with E-state index in [2.05, 4.69) is 15.9 Å². The largest absolute Gasteiger partial charge is 0.341 e. The molecule has 0 aromatic heterocycles. The zero-order chi connectivity index (χ0) is 13.1. The van der Waals surface area contributed by atoms with E-state index in [0.717, 1.165) is 24.9 Å². The summed E-state index contributed by atoms with van der Waals surface area (Å²) in [5, 5.41) is 0. The highest BCUT2D eigenvalue weighted by atomic mass is 79.9. The molecule has 1 heterocycles. The molecule has 1 amide bonds. The van der Waals surface area contributed by atoms with E-state index in [0.29, 0.717) is 11.0 Å². The second kappa shape index (κ2) is 5.80. The maximum atomic E-state index is 12.9. The summed E-state index contributed by atoms with van der Waals surface area (Å²) in [6.07, 6.45) is 2.22. The van der Waals surface area contributed by atoms with Gasteiger partial charge in [0, 0.05) is 23.6 Å². The van der Waals surface area contributed by atoms with Gasteiger partial charge in [-0.15, -0.1) is 0 Å². The van der Waals surface area contributed by atoms with Crippen LogP contribution >= 0.6 is 15.9 Å². The Hall–Kier alpha value is -0.940. The van der Waals surface area contributed by atoms with E-state index in [4.69, 9.17) is 5.73 Å².